The fourth-order valence-electron chi connectivity index (χ4n) is 5.02. The normalized spacial score (nSPS) is 25.3. The Hall–Kier alpha value is -2.85. The largest absolute Gasteiger partial charge is 0.484 e. The summed E-state index contributed by atoms with van der Waals surface area (Å²) in [5.41, 5.74) is -1.93. The van der Waals surface area contributed by atoms with Crippen LogP contribution in [0, 0.1) is 11.2 Å². The Bertz CT molecular complexity index is 1130. The molecule has 0 saturated heterocycles. The van der Waals surface area contributed by atoms with E-state index in [4.69, 9.17) is 16.3 Å². The summed E-state index contributed by atoms with van der Waals surface area (Å²) in [5, 5.41) is 16.4. The number of nitrogens with one attached hydrogen (secondary N) is 2. The Balaban J connectivity index is 1.30. The molecule has 0 spiro atoms. The molecule has 1 atom stereocenters. The molecule has 194 valence electrons. The van der Waals surface area contributed by atoms with Crippen molar-refractivity contribution in [1.29, 1.82) is 0 Å². The molecule has 2 aromatic rings. The number of aliphatic hydroxyl groups excluding tert-OH is 1. The molecule has 1 unspecified atom stereocenters. The zero-order valence-electron chi connectivity index (χ0n) is 19.1. The summed E-state index contributed by atoms with van der Waals surface area (Å²) in [5.74, 6) is -1.28. The molecule has 0 radical (unpaired) electrons. The fraction of sp³-hybridized carbons (Fsp3) is 0.440. The molecular weight excluding hydrogens is 504 g/mol. The van der Waals surface area contributed by atoms with Crippen LogP contribution in [-0.2, 0) is 22.3 Å². The van der Waals surface area contributed by atoms with E-state index in [1.165, 1.54) is 24.3 Å². The van der Waals surface area contributed by atoms with Gasteiger partial charge in [0.15, 0.2) is 6.61 Å². The van der Waals surface area contributed by atoms with Crippen LogP contribution in [0.4, 0.5) is 17.6 Å². The van der Waals surface area contributed by atoms with Crippen LogP contribution in [-0.4, -0.2) is 35.2 Å². The fourth-order valence-corrected chi connectivity index (χ4v) is 5.13. The minimum absolute atomic E-state index is 0.0647. The van der Waals surface area contributed by atoms with Gasteiger partial charge in [-0.05, 0) is 61.9 Å². The van der Waals surface area contributed by atoms with Gasteiger partial charge in [0.2, 0.25) is 5.91 Å². The van der Waals surface area contributed by atoms with Gasteiger partial charge in [0, 0.05) is 12.6 Å². The molecule has 2 aromatic carbocycles. The van der Waals surface area contributed by atoms with Gasteiger partial charge in [0.1, 0.15) is 11.6 Å². The summed E-state index contributed by atoms with van der Waals surface area (Å²) in [6.45, 7) is -0.312. The summed E-state index contributed by atoms with van der Waals surface area (Å²) in [6, 6.07) is 8.39. The molecule has 0 heterocycles. The molecule has 2 bridgehead atoms. The van der Waals surface area contributed by atoms with Crippen molar-refractivity contribution in [2.75, 3.05) is 6.61 Å². The Morgan fingerprint density at radius 3 is 2.33 bits per heavy atom. The van der Waals surface area contributed by atoms with Crippen LogP contribution in [0.15, 0.2) is 42.5 Å². The van der Waals surface area contributed by atoms with E-state index < -0.39 is 40.5 Å². The van der Waals surface area contributed by atoms with E-state index in [9.17, 15) is 32.3 Å². The van der Waals surface area contributed by atoms with Gasteiger partial charge >= 0.3 is 6.18 Å². The minimum atomic E-state index is -4.43. The molecule has 2 amide bonds. The maximum Gasteiger partial charge on any atom is 0.416 e. The van der Waals surface area contributed by atoms with Crippen molar-refractivity contribution >= 4 is 23.4 Å². The van der Waals surface area contributed by atoms with Crippen LogP contribution >= 0.6 is 11.6 Å². The van der Waals surface area contributed by atoms with Crippen molar-refractivity contribution in [2.45, 2.75) is 56.5 Å². The Morgan fingerprint density at radius 1 is 1.08 bits per heavy atom. The number of fused-ring (bicyclic) bond motifs is 3. The van der Waals surface area contributed by atoms with E-state index >= 15 is 0 Å². The Labute approximate surface area is 210 Å². The van der Waals surface area contributed by atoms with Crippen LogP contribution in [0.2, 0.25) is 5.02 Å². The van der Waals surface area contributed by atoms with E-state index in [1.54, 1.807) is 0 Å². The van der Waals surface area contributed by atoms with Gasteiger partial charge < -0.3 is 20.5 Å². The molecule has 3 fully saturated rings. The molecular formula is C25H25ClF4N2O4. The second kappa shape index (κ2) is 9.89. The number of hydrogen-bond donors (Lipinski definition) is 3. The van der Waals surface area contributed by atoms with Crippen molar-refractivity contribution in [3.8, 4) is 5.75 Å². The first kappa shape index (κ1) is 26.2. The van der Waals surface area contributed by atoms with Gasteiger partial charge in [0.05, 0.1) is 27.6 Å². The lowest BCUT2D eigenvalue weighted by molar-refractivity contribution is -0.151. The zero-order valence-corrected chi connectivity index (χ0v) is 19.9. The number of rotatable bonds is 7. The summed E-state index contributed by atoms with van der Waals surface area (Å²) in [6.07, 6.45) is -3.61. The van der Waals surface area contributed by atoms with Crippen LogP contribution < -0.4 is 15.4 Å². The Morgan fingerprint density at radius 2 is 1.75 bits per heavy atom. The number of alkyl halides is 3. The van der Waals surface area contributed by atoms with Gasteiger partial charge in [-0.2, -0.15) is 13.2 Å². The topological polar surface area (TPSA) is 87.7 Å². The highest BCUT2D eigenvalue weighted by Gasteiger charge is 2.57. The van der Waals surface area contributed by atoms with Crippen LogP contribution in [0.25, 0.3) is 0 Å². The van der Waals surface area contributed by atoms with Gasteiger partial charge in [-0.1, -0.05) is 23.7 Å². The predicted octanol–water partition coefficient (Wildman–Crippen LogP) is 4.37. The van der Waals surface area contributed by atoms with Crippen molar-refractivity contribution in [3.05, 3.63) is 64.4 Å². The molecule has 3 N–H and O–H groups in total. The first-order valence-electron chi connectivity index (χ1n) is 11.4. The summed E-state index contributed by atoms with van der Waals surface area (Å²) in [4.78, 5) is 25.5. The number of benzene rings is 2. The lowest BCUT2D eigenvalue weighted by Gasteiger charge is -2.55. The first-order valence-corrected chi connectivity index (χ1v) is 11.8. The van der Waals surface area contributed by atoms with Gasteiger partial charge in [-0.3, -0.25) is 9.59 Å². The molecule has 36 heavy (non-hydrogen) atoms. The number of amides is 2. The van der Waals surface area contributed by atoms with E-state index in [1.807, 2.05) is 0 Å². The predicted molar refractivity (Wildman–Crippen MR) is 123 cm³/mol. The van der Waals surface area contributed by atoms with E-state index in [0.29, 0.717) is 31.2 Å². The Kier molecular flexibility index (Phi) is 7.21. The SMILES string of the molecule is O=C(COc1ccc(Cl)c(F)c1)NC12CCC(C(=O)NCc3ccc(C(F)(F)F)cc3)(CC1)CC2O. The zero-order chi connectivity index (χ0) is 26.1. The standard InChI is InChI=1S/C25H25ClF4N2O4/c26-18-6-5-17(11-19(18)27)36-14-21(34)32-24-9-7-23(8-10-24,12-20(24)33)22(35)31-13-15-1-3-16(4-2-15)25(28,29)30/h1-6,11,20,33H,7-10,12-14H2,(H,31,35)(H,32,34). The quantitative estimate of drug-likeness (QED) is 0.466. The third-order valence-corrected chi connectivity index (χ3v) is 7.49. The van der Waals surface area contributed by atoms with E-state index in [2.05, 4.69) is 10.6 Å². The van der Waals surface area contributed by atoms with Gasteiger partial charge in [-0.15, -0.1) is 0 Å². The lowest BCUT2D eigenvalue weighted by atomic mass is 9.55. The third-order valence-electron chi connectivity index (χ3n) is 7.19. The minimum Gasteiger partial charge on any atom is -0.484 e. The second-order valence-corrected chi connectivity index (χ2v) is 9.85. The summed E-state index contributed by atoms with van der Waals surface area (Å²) in [7, 11) is 0. The molecule has 3 aliphatic rings. The molecule has 0 aliphatic heterocycles. The van der Waals surface area contributed by atoms with Crippen molar-refractivity contribution in [3.63, 3.8) is 0 Å². The number of carbonyl (C=O) groups is 2. The van der Waals surface area contributed by atoms with Crippen LogP contribution in [0.5, 0.6) is 5.75 Å². The lowest BCUT2D eigenvalue weighted by Crippen LogP contribution is -2.67. The average Bonchev–Trinajstić information content (AvgIpc) is 2.84. The van der Waals surface area contributed by atoms with Crippen molar-refractivity contribution in [2.24, 2.45) is 5.41 Å². The highest BCUT2D eigenvalue weighted by atomic mass is 35.5. The molecule has 11 heteroatoms. The monoisotopic (exact) mass is 528 g/mol. The maximum absolute atomic E-state index is 13.5. The second-order valence-electron chi connectivity index (χ2n) is 9.45. The van der Waals surface area contributed by atoms with E-state index in [0.717, 1.165) is 18.2 Å². The van der Waals surface area contributed by atoms with Crippen LogP contribution in [0.3, 0.4) is 0 Å². The van der Waals surface area contributed by atoms with Gasteiger partial charge in [-0.25, -0.2) is 4.39 Å². The molecule has 0 aromatic heterocycles. The smallest absolute Gasteiger partial charge is 0.416 e. The first-order chi connectivity index (χ1) is 16.9. The maximum atomic E-state index is 13.5. The molecule has 5 rings (SSSR count). The molecule has 6 nitrogen and oxygen atoms in total. The number of carbonyl (C=O) groups excluding carboxylic acids is 2. The number of aliphatic hydroxyl groups is 1. The van der Waals surface area contributed by atoms with Crippen molar-refractivity contribution in [1.82, 2.24) is 10.6 Å². The van der Waals surface area contributed by atoms with Crippen LogP contribution in [0.1, 0.15) is 43.2 Å². The third kappa shape index (κ3) is 5.44. The summed E-state index contributed by atoms with van der Waals surface area (Å²) >= 11 is 5.63. The van der Waals surface area contributed by atoms with E-state index in [-0.39, 0.29) is 36.3 Å². The van der Waals surface area contributed by atoms with Gasteiger partial charge in [0.25, 0.3) is 5.91 Å². The average molecular weight is 529 g/mol. The molecule has 3 saturated carbocycles. The number of hydrogen-bond acceptors (Lipinski definition) is 4. The summed E-state index contributed by atoms with van der Waals surface area (Å²) < 4.78 is 57.0. The molecule has 3 aliphatic carbocycles. The van der Waals surface area contributed by atoms with Crippen molar-refractivity contribution < 1.29 is 37.0 Å². The number of halogens is 5. The number of ether oxygens (including phenoxy) is 1. The highest BCUT2D eigenvalue weighted by Crippen LogP contribution is 2.52. The highest BCUT2D eigenvalue weighted by molar-refractivity contribution is 6.30.